The van der Waals surface area contributed by atoms with E-state index in [1.165, 1.54) is 17.0 Å². The van der Waals surface area contributed by atoms with Crippen molar-refractivity contribution in [3.63, 3.8) is 0 Å². The summed E-state index contributed by atoms with van der Waals surface area (Å²) < 4.78 is 11.7. The number of hydrogen-bond donors (Lipinski definition) is 1. The van der Waals surface area contributed by atoms with Gasteiger partial charge in [0.05, 0.1) is 31.9 Å². The maximum absolute atomic E-state index is 13.8. The molecule has 1 N–H and O–H groups in total. The van der Waals surface area contributed by atoms with E-state index < -0.39 is 29.8 Å². The number of hydrogen-bond acceptors (Lipinski definition) is 6. The smallest absolute Gasteiger partial charge is 0.268 e. The molecule has 3 aromatic rings. The van der Waals surface area contributed by atoms with Gasteiger partial charge in [0, 0.05) is 15.6 Å². The van der Waals surface area contributed by atoms with Gasteiger partial charge in [-0.25, -0.2) is 10.3 Å². The Labute approximate surface area is 216 Å². The highest BCUT2D eigenvalue weighted by atomic mass is 79.9. The molecule has 0 aliphatic carbocycles. The third-order valence-corrected chi connectivity index (χ3v) is 7.08. The minimum atomic E-state index is -1.04. The first-order chi connectivity index (χ1) is 17.3. The van der Waals surface area contributed by atoms with Crippen molar-refractivity contribution in [3.8, 4) is 11.5 Å². The van der Waals surface area contributed by atoms with E-state index in [2.05, 4.69) is 21.4 Å². The second kappa shape index (κ2) is 9.40. The fourth-order valence-electron chi connectivity index (χ4n) is 4.82. The summed E-state index contributed by atoms with van der Waals surface area (Å²) >= 11 is 3.40. The molecule has 0 aromatic heterocycles. The Kier molecular flexibility index (Phi) is 6.27. The van der Waals surface area contributed by atoms with E-state index in [4.69, 9.17) is 9.47 Å². The highest BCUT2D eigenvalue weighted by Gasteiger charge is 2.60. The molecule has 2 fully saturated rings. The molecule has 2 aliphatic heterocycles. The third kappa shape index (κ3) is 3.94. The molecule has 5 rings (SSSR count). The number of nitrogens with one attached hydrogen (secondary N) is 1. The number of aryl methyl sites for hydroxylation is 1. The van der Waals surface area contributed by atoms with Gasteiger partial charge in [-0.2, -0.15) is 0 Å². The quantitative estimate of drug-likeness (QED) is 0.483. The van der Waals surface area contributed by atoms with Crippen LogP contribution >= 0.6 is 15.9 Å². The van der Waals surface area contributed by atoms with Gasteiger partial charge in [0.1, 0.15) is 17.5 Å². The van der Waals surface area contributed by atoms with Crippen LogP contribution in [0.5, 0.6) is 11.5 Å². The zero-order valence-corrected chi connectivity index (χ0v) is 21.5. The predicted octanol–water partition coefficient (Wildman–Crippen LogP) is 4.03. The molecular formula is C27H24BrN3O5. The maximum Gasteiger partial charge on any atom is 0.268 e. The average Bonchev–Trinajstić information content (AvgIpc) is 3.40. The number of rotatable bonds is 5. The summed E-state index contributed by atoms with van der Waals surface area (Å²) in [5, 5.41) is 1.28. The van der Waals surface area contributed by atoms with Crippen LogP contribution in [-0.4, -0.2) is 43.0 Å². The summed E-state index contributed by atoms with van der Waals surface area (Å²) in [7, 11) is 3.07. The number of fused-ring (bicyclic) bond motifs is 1. The molecule has 184 valence electrons. The fraction of sp³-hybridized carbons (Fsp3) is 0.222. The van der Waals surface area contributed by atoms with E-state index in [9.17, 15) is 14.4 Å². The molecule has 0 bridgehead atoms. The second-order valence-electron chi connectivity index (χ2n) is 8.72. The van der Waals surface area contributed by atoms with Crippen LogP contribution in [0.25, 0.3) is 0 Å². The van der Waals surface area contributed by atoms with Crippen LogP contribution in [0.15, 0.2) is 71.2 Å². The van der Waals surface area contributed by atoms with E-state index >= 15 is 0 Å². The molecule has 2 heterocycles. The van der Waals surface area contributed by atoms with Gasteiger partial charge in [-0.05, 0) is 55.5 Å². The monoisotopic (exact) mass is 549 g/mol. The van der Waals surface area contributed by atoms with Gasteiger partial charge in [-0.3, -0.25) is 19.4 Å². The maximum atomic E-state index is 13.8. The van der Waals surface area contributed by atoms with Crippen molar-refractivity contribution in [3.05, 3.63) is 87.9 Å². The van der Waals surface area contributed by atoms with Crippen LogP contribution in [0.1, 0.15) is 27.5 Å². The first-order valence-electron chi connectivity index (χ1n) is 11.4. The van der Waals surface area contributed by atoms with E-state index in [1.54, 1.807) is 55.6 Å². The lowest BCUT2D eigenvalue weighted by Gasteiger charge is -2.26. The average molecular weight is 550 g/mol. The number of imide groups is 1. The Morgan fingerprint density at radius 1 is 0.944 bits per heavy atom. The number of carbonyl (C=O) groups excluding carboxylic acids is 3. The molecular weight excluding hydrogens is 526 g/mol. The Morgan fingerprint density at radius 2 is 1.69 bits per heavy atom. The van der Waals surface area contributed by atoms with Crippen LogP contribution in [-0.2, 0) is 9.59 Å². The van der Waals surface area contributed by atoms with E-state index in [0.29, 0.717) is 28.3 Å². The number of methoxy groups -OCH3 is 2. The topological polar surface area (TPSA) is 88.2 Å². The van der Waals surface area contributed by atoms with Crippen molar-refractivity contribution < 1.29 is 23.9 Å². The Bertz CT molecular complexity index is 1360. The van der Waals surface area contributed by atoms with Crippen LogP contribution in [0.2, 0.25) is 0 Å². The Hall–Kier alpha value is -3.69. The van der Waals surface area contributed by atoms with Crippen molar-refractivity contribution in [2.24, 2.45) is 5.92 Å². The number of benzene rings is 3. The van der Waals surface area contributed by atoms with Gasteiger partial charge in [-0.1, -0.05) is 39.7 Å². The van der Waals surface area contributed by atoms with Gasteiger partial charge >= 0.3 is 0 Å². The molecule has 9 heteroatoms. The first kappa shape index (κ1) is 24.0. The largest absolute Gasteiger partial charge is 0.497 e. The van der Waals surface area contributed by atoms with Gasteiger partial charge < -0.3 is 9.47 Å². The summed E-state index contributed by atoms with van der Waals surface area (Å²) in [5.74, 6) is -1.06. The minimum Gasteiger partial charge on any atom is -0.497 e. The zero-order valence-electron chi connectivity index (χ0n) is 19.9. The van der Waals surface area contributed by atoms with Gasteiger partial charge in [0.25, 0.3) is 11.8 Å². The molecule has 2 aliphatic rings. The molecule has 3 aromatic carbocycles. The summed E-state index contributed by atoms with van der Waals surface area (Å²) in [6, 6.07) is 17.6. The number of nitrogens with zero attached hydrogens (tertiary/aromatic N) is 2. The van der Waals surface area contributed by atoms with E-state index in [1.807, 2.05) is 25.1 Å². The standard InChI is InChI=1S/C27H24BrN3O5/c1-15-7-9-18(10-8-15)30-26(33)22-23(20-14-19(35-2)11-12-21(20)36-3)29-31(24(22)27(30)34)25(32)16-5-4-6-17(28)13-16/h4-14,22-24,29H,1-3H3/t22-,23-,24-/m0/s1. The van der Waals surface area contributed by atoms with Crippen molar-refractivity contribution in [2.45, 2.75) is 19.0 Å². The van der Waals surface area contributed by atoms with Crippen LogP contribution in [0, 0.1) is 12.8 Å². The lowest BCUT2D eigenvalue weighted by molar-refractivity contribution is -0.123. The highest BCUT2D eigenvalue weighted by Crippen LogP contribution is 2.45. The van der Waals surface area contributed by atoms with Crippen molar-refractivity contribution in [1.82, 2.24) is 10.4 Å². The van der Waals surface area contributed by atoms with Crippen LogP contribution in [0.4, 0.5) is 5.69 Å². The molecule has 0 unspecified atom stereocenters. The summed E-state index contributed by atoms with van der Waals surface area (Å²) in [4.78, 5) is 42.4. The lowest BCUT2D eigenvalue weighted by atomic mass is 9.90. The number of carbonyl (C=O) groups is 3. The number of amides is 3. The number of anilines is 1. The van der Waals surface area contributed by atoms with Gasteiger partial charge in [-0.15, -0.1) is 0 Å². The molecule has 0 spiro atoms. The van der Waals surface area contributed by atoms with Gasteiger partial charge in [0.2, 0.25) is 5.91 Å². The Morgan fingerprint density at radius 3 is 2.36 bits per heavy atom. The second-order valence-corrected chi connectivity index (χ2v) is 9.63. The summed E-state index contributed by atoms with van der Waals surface area (Å²) in [6.07, 6.45) is 0. The Balaban J connectivity index is 1.62. The van der Waals surface area contributed by atoms with Crippen molar-refractivity contribution >= 4 is 39.3 Å². The molecule has 0 saturated carbocycles. The number of hydrazine groups is 1. The van der Waals surface area contributed by atoms with Crippen LogP contribution in [0.3, 0.4) is 0 Å². The molecule has 3 atom stereocenters. The highest BCUT2D eigenvalue weighted by molar-refractivity contribution is 9.10. The molecule has 0 radical (unpaired) electrons. The summed E-state index contributed by atoms with van der Waals surface area (Å²) in [5.41, 5.74) is 5.62. The molecule has 3 amide bonds. The fourth-order valence-corrected chi connectivity index (χ4v) is 5.22. The summed E-state index contributed by atoms with van der Waals surface area (Å²) in [6.45, 7) is 1.93. The zero-order chi connectivity index (χ0) is 25.6. The van der Waals surface area contributed by atoms with E-state index in [0.717, 1.165) is 10.0 Å². The van der Waals surface area contributed by atoms with Crippen molar-refractivity contribution in [2.75, 3.05) is 19.1 Å². The predicted molar refractivity (Wildman–Crippen MR) is 137 cm³/mol. The third-order valence-electron chi connectivity index (χ3n) is 6.59. The first-order valence-corrected chi connectivity index (χ1v) is 12.1. The molecule has 2 saturated heterocycles. The molecule has 8 nitrogen and oxygen atoms in total. The van der Waals surface area contributed by atoms with Crippen molar-refractivity contribution in [1.29, 1.82) is 0 Å². The molecule has 36 heavy (non-hydrogen) atoms. The van der Waals surface area contributed by atoms with Gasteiger partial charge in [0.15, 0.2) is 0 Å². The number of ether oxygens (including phenoxy) is 2. The van der Waals surface area contributed by atoms with Crippen LogP contribution < -0.4 is 19.8 Å². The minimum absolute atomic E-state index is 0.378. The lowest BCUT2D eigenvalue weighted by Crippen LogP contribution is -2.48. The number of halogens is 1. The normalized spacial score (nSPS) is 21.1. The van der Waals surface area contributed by atoms with E-state index in [-0.39, 0.29) is 5.91 Å². The SMILES string of the molecule is COc1ccc(OC)c([C@@H]2NN(C(=O)c3cccc(Br)c3)[C@@H]3C(=O)N(c4ccc(C)cc4)C(=O)[C@H]32)c1.